The van der Waals surface area contributed by atoms with E-state index in [0.717, 1.165) is 16.5 Å². The van der Waals surface area contributed by atoms with Crippen molar-refractivity contribution >= 4 is 39.9 Å². The van der Waals surface area contributed by atoms with Gasteiger partial charge in [0, 0.05) is 28.6 Å². The van der Waals surface area contributed by atoms with Gasteiger partial charge in [0.1, 0.15) is 0 Å². The van der Waals surface area contributed by atoms with E-state index in [1.807, 2.05) is 60.7 Å². The number of nitrogens with one attached hydrogen (secondary N) is 3. The third-order valence-corrected chi connectivity index (χ3v) is 4.53. The van der Waals surface area contributed by atoms with Crippen LogP contribution in [0.2, 0.25) is 0 Å². The molecule has 3 aromatic carbocycles. The van der Waals surface area contributed by atoms with Crippen molar-refractivity contribution in [3.05, 3.63) is 96.7 Å². The van der Waals surface area contributed by atoms with Crippen LogP contribution in [0, 0.1) is 0 Å². The molecule has 0 aliphatic rings. The van der Waals surface area contributed by atoms with E-state index in [2.05, 4.69) is 20.9 Å². The van der Waals surface area contributed by atoms with Crippen LogP contribution < -0.4 is 16.0 Å². The molecule has 3 N–H and O–H groups in total. The zero-order valence-electron chi connectivity index (χ0n) is 16.1. The molecule has 0 fully saturated rings. The van der Waals surface area contributed by atoms with Gasteiger partial charge in [-0.25, -0.2) is 4.79 Å². The average molecular weight is 396 g/mol. The molecule has 0 spiro atoms. The van der Waals surface area contributed by atoms with Crippen LogP contribution in [0.5, 0.6) is 0 Å². The summed E-state index contributed by atoms with van der Waals surface area (Å²) in [5.41, 5.74) is 3.70. The highest BCUT2D eigenvalue weighted by atomic mass is 16.2. The Hall–Kier alpha value is -4.19. The minimum atomic E-state index is -0.332. The van der Waals surface area contributed by atoms with Gasteiger partial charge in [0.2, 0.25) is 5.91 Å². The molecule has 0 aliphatic carbocycles. The van der Waals surface area contributed by atoms with Crippen LogP contribution in [0.1, 0.15) is 5.56 Å². The van der Waals surface area contributed by atoms with Crippen LogP contribution >= 0.6 is 0 Å². The Labute approximate surface area is 174 Å². The van der Waals surface area contributed by atoms with Crippen molar-refractivity contribution in [3.63, 3.8) is 0 Å². The lowest BCUT2D eigenvalue weighted by molar-refractivity contribution is -0.115. The number of benzene rings is 3. The van der Waals surface area contributed by atoms with Crippen molar-refractivity contribution in [1.82, 2.24) is 4.98 Å². The molecule has 0 atom stereocenters. The second kappa shape index (κ2) is 8.87. The van der Waals surface area contributed by atoms with Gasteiger partial charge in [0.15, 0.2) is 0 Å². The van der Waals surface area contributed by atoms with Crippen LogP contribution in [0.15, 0.2) is 91.1 Å². The maximum Gasteiger partial charge on any atom is 0.323 e. The normalized spacial score (nSPS) is 10.4. The van der Waals surface area contributed by atoms with E-state index in [4.69, 9.17) is 0 Å². The SMILES string of the molecule is O=C(Cc1cccc2cccnc12)Nc1ccc(NC(=O)Nc2ccccc2)cc1. The van der Waals surface area contributed by atoms with E-state index in [-0.39, 0.29) is 18.4 Å². The zero-order chi connectivity index (χ0) is 20.8. The molecule has 1 heterocycles. The van der Waals surface area contributed by atoms with Gasteiger partial charge in [0.05, 0.1) is 11.9 Å². The molecule has 0 bridgehead atoms. The maximum atomic E-state index is 12.5. The Kier molecular flexibility index (Phi) is 5.66. The van der Waals surface area contributed by atoms with Crippen molar-refractivity contribution in [2.24, 2.45) is 0 Å². The smallest absolute Gasteiger partial charge is 0.323 e. The number of fused-ring (bicyclic) bond motifs is 1. The molecule has 6 nitrogen and oxygen atoms in total. The molecule has 148 valence electrons. The van der Waals surface area contributed by atoms with Crippen molar-refractivity contribution in [2.45, 2.75) is 6.42 Å². The summed E-state index contributed by atoms with van der Waals surface area (Å²) < 4.78 is 0. The minimum Gasteiger partial charge on any atom is -0.326 e. The van der Waals surface area contributed by atoms with Crippen LogP contribution in [-0.4, -0.2) is 16.9 Å². The minimum absolute atomic E-state index is 0.129. The van der Waals surface area contributed by atoms with Gasteiger partial charge >= 0.3 is 6.03 Å². The Morgan fingerprint density at radius 1 is 0.667 bits per heavy atom. The first-order valence-corrected chi connectivity index (χ1v) is 9.53. The van der Waals surface area contributed by atoms with Crippen molar-refractivity contribution in [2.75, 3.05) is 16.0 Å². The number of hydrogen-bond acceptors (Lipinski definition) is 3. The first-order valence-electron chi connectivity index (χ1n) is 9.53. The van der Waals surface area contributed by atoms with Crippen LogP contribution in [0.3, 0.4) is 0 Å². The van der Waals surface area contributed by atoms with Crippen LogP contribution in [0.4, 0.5) is 21.9 Å². The lowest BCUT2D eigenvalue weighted by atomic mass is 10.1. The molecule has 6 heteroatoms. The highest BCUT2D eigenvalue weighted by Gasteiger charge is 2.09. The lowest BCUT2D eigenvalue weighted by Crippen LogP contribution is -2.19. The van der Waals surface area contributed by atoms with Gasteiger partial charge in [-0.3, -0.25) is 9.78 Å². The third kappa shape index (κ3) is 4.80. The fraction of sp³-hybridized carbons (Fsp3) is 0.0417. The summed E-state index contributed by atoms with van der Waals surface area (Å²) >= 11 is 0. The molecular formula is C24H20N4O2. The second-order valence-corrected chi connectivity index (χ2v) is 6.74. The molecule has 0 saturated carbocycles. The summed E-state index contributed by atoms with van der Waals surface area (Å²) in [5, 5.41) is 9.40. The summed E-state index contributed by atoms with van der Waals surface area (Å²) in [4.78, 5) is 28.9. The Bertz CT molecular complexity index is 1170. The number of rotatable bonds is 5. The predicted octanol–water partition coefficient (Wildman–Crippen LogP) is 5.06. The molecule has 0 unspecified atom stereocenters. The van der Waals surface area contributed by atoms with E-state index in [1.165, 1.54) is 0 Å². The van der Waals surface area contributed by atoms with E-state index in [9.17, 15) is 9.59 Å². The lowest BCUT2D eigenvalue weighted by Gasteiger charge is -2.10. The summed E-state index contributed by atoms with van der Waals surface area (Å²) in [6.07, 6.45) is 1.96. The highest BCUT2D eigenvalue weighted by Crippen LogP contribution is 2.18. The first-order chi connectivity index (χ1) is 14.7. The van der Waals surface area contributed by atoms with Gasteiger partial charge in [-0.15, -0.1) is 0 Å². The number of anilines is 3. The topological polar surface area (TPSA) is 83.1 Å². The molecule has 0 radical (unpaired) electrons. The number of aromatic nitrogens is 1. The maximum absolute atomic E-state index is 12.5. The number of para-hydroxylation sites is 2. The van der Waals surface area contributed by atoms with Gasteiger partial charge < -0.3 is 16.0 Å². The summed E-state index contributed by atoms with van der Waals surface area (Å²) in [7, 11) is 0. The van der Waals surface area contributed by atoms with Gasteiger partial charge in [-0.2, -0.15) is 0 Å². The zero-order valence-corrected chi connectivity index (χ0v) is 16.1. The monoisotopic (exact) mass is 396 g/mol. The Balaban J connectivity index is 1.35. The molecule has 0 saturated heterocycles. The number of carbonyl (C=O) groups excluding carboxylic acids is 2. The Morgan fingerprint density at radius 3 is 2.03 bits per heavy atom. The predicted molar refractivity (Wildman–Crippen MR) is 120 cm³/mol. The quantitative estimate of drug-likeness (QED) is 0.441. The second-order valence-electron chi connectivity index (χ2n) is 6.74. The largest absolute Gasteiger partial charge is 0.326 e. The van der Waals surface area contributed by atoms with Crippen LogP contribution in [0.25, 0.3) is 10.9 Å². The number of nitrogens with zero attached hydrogens (tertiary/aromatic N) is 1. The fourth-order valence-electron chi connectivity index (χ4n) is 3.14. The molecule has 0 aliphatic heterocycles. The van der Waals surface area contributed by atoms with Gasteiger partial charge in [-0.1, -0.05) is 42.5 Å². The average Bonchev–Trinajstić information content (AvgIpc) is 2.76. The molecule has 30 heavy (non-hydrogen) atoms. The van der Waals surface area contributed by atoms with Gasteiger partial charge in [-0.05, 0) is 48.0 Å². The summed E-state index contributed by atoms with van der Waals surface area (Å²) in [6, 6.07) is 25.5. The van der Waals surface area contributed by atoms with Crippen molar-refractivity contribution in [1.29, 1.82) is 0 Å². The number of pyridine rings is 1. The van der Waals surface area contributed by atoms with Crippen LogP contribution in [-0.2, 0) is 11.2 Å². The van der Waals surface area contributed by atoms with Crippen molar-refractivity contribution < 1.29 is 9.59 Å². The van der Waals surface area contributed by atoms with Gasteiger partial charge in [0.25, 0.3) is 0 Å². The first kappa shape index (κ1) is 19.1. The number of hydrogen-bond donors (Lipinski definition) is 3. The summed E-state index contributed by atoms with van der Waals surface area (Å²) in [6.45, 7) is 0. The number of carbonyl (C=O) groups is 2. The molecule has 4 aromatic rings. The highest BCUT2D eigenvalue weighted by molar-refractivity contribution is 6.00. The molecule has 4 rings (SSSR count). The third-order valence-electron chi connectivity index (χ3n) is 4.53. The Morgan fingerprint density at radius 2 is 1.30 bits per heavy atom. The van der Waals surface area contributed by atoms with Crippen molar-refractivity contribution in [3.8, 4) is 0 Å². The van der Waals surface area contributed by atoms with E-state index in [1.54, 1.807) is 30.5 Å². The standard InChI is InChI=1S/C24H20N4O2/c29-22(16-18-7-4-6-17-8-5-15-25-23(17)18)26-20-11-13-21(14-12-20)28-24(30)27-19-9-2-1-3-10-19/h1-15H,16H2,(H,26,29)(H2,27,28,30). The molecule has 1 aromatic heterocycles. The summed E-state index contributed by atoms with van der Waals surface area (Å²) in [5.74, 6) is -0.129. The van der Waals surface area contributed by atoms with E-state index >= 15 is 0 Å². The molecular weight excluding hydrogens is 376 g/mol. The fourth-order valence-corrected chi connectivity index (χ4v) is 3.14. The van der Waals surface area contributed by atoms with E-state index < -0.39 is 0 Å². The number of urea groups is 1. The van der Waals surface area contributed by atoms with E-state index in [0.29, 0.717) is 17.1 Å². The molecule has 3 amide bonds. The number of amides is 3.